The quantitative estimate of drug-likeness (QED) is 0.0997. The standard InChI is InChI=1S/C35H44N6O5/c1-24(2)35(23-36,27-11-15-31(44-5)33(21-27)46-7)28(22-38-34(42)26-9-12-29(13-10-26)39-40-37)17-19-41(3)18-16-25-8-14-30(43-4)32(20-25)45-6/h8-15,20-21,24,28H,16-19,22H2,1-7H3,(H,38,42). The van der Waals surface area contributed by atoms with Gasteiger partial charge in [0.25, 0.3) is 5.91 Å². The first-order valence-corrected chi connectivity index (χ1v) is 15.1. The van der Waals surface area contributed by atoms with Crippen LogP contribution < -0.4 is 24.3 Å². The lowest BCUT2D eigenvalue weighted by Crippen LogP contribution is -2.46. The summed E-state index contributed by atoms with van der Waals surface area (Å²) in [6.45, 7) is 5.80. The van der Waals surface area contributed by atoms with Gasteiger partial charge in [-0.25, -0.2) is 0 Å². The monoisotopic (exact) mass is 628 g/mol. The number of hydrogen-bond donors (Lipinski definition) is 1. The van der Waals surface area contributed by atoms with E-state index in [9.17, 15) is 10.1 Å². The van der Waals surface area contributed by atoms with E-state index in [4.69, 9.17) is 24.5 Å². The Morgan fingerprint density at radius 1 is 0.935 bits per heavy atom. The summed E-state index contributed by atoms with van der Waals surface area (Å²) in [4.78, 5) is 18.3. The lowest BCUT2D eigenvalue weighted by atomic mass is 9.63. The zero-order chi connectivity index (χ0) is 33.7. The molecule has 0 saturated heterocycles. The Labute approximate surface area is 271 Å². The highest BCUT2D eigenvalue weighted by Gasteiger charge is 2.44. The third-order valence-corrected chi connectivity index (χ3v) is 8.49. The molecule has 11 nitrogen and oxygen atoms in total. The summed E-state index contributed by atoms with van der Waals surface area (Å²) in [5.41, 5.74) is 10.5. The van der Waals surface area contributed by atoms with Crippen molar-refractivity contribution in [3.8, 4) is 29.1 Å². The lowest BCUT2D eigenvalue weighted by Gasteiger charge is -2.40. The van der Waals surface area contributed by atoms with Gasteiger partial charge in [0.05, 0.1) is 39.9 Å². The smallest absolute Gasteiger partial charge is 0.251 e. The fourth-order valence-corrected chi connectivity index (χ4v) is 5.80. The second-order valence-corrected chi connectivity index (χ2v) is 11.4. The summed E-state index contributed by atoms with van der Waals surface area (Å²) in [6.07, 6.45) is 1.44. The fraction of sp³-hybridized carbons (Fsp3) is 0.429. The number of benzene rings is 3. The van der Waals surface area contributed by atoms with Crippen molar-refractivity contribution < 1.29 is 23.7 Å². The van der Waals surface area contributed by atoms with Crippen molar-refractivity contribution >= 4 is 11.6 Å². The minimum absolute atomic E-state index is 0.0994. The van der Waals surface area contributed by atoms with Gasteiger partial charge < -0.3 is 29.2 Å². The van der Waals surface area contributed by atoms with Gasteiger partial charge in [-0.3, -0.25) is 4.79 Å². The SMILES string of the molecule is COc1ccc(CCN(C)CCC(CNC(=O)c2ccc(N=[N+]=[N-])cc2)C(C#N)(c2ccc(OC)c(OC)c2)C(C)C)cc1OC. The summed E-state index contributed by atoms with van der Waals surface area (Å²) in [7, 11) is 8.45. The summed E-state index contributed by atoms with van der Waals surface area (Å²) in [5.74, 6) is 1.86. The third kappa shape index (κ3) is 8.42. The predicted octanol–water partition coefficient (Wildman–Crippen LogP) is 6.69. The van der Waals surface area contributed by atoms with E-state index in [0.717, 1.165) is 24.1 Å². The molecular formula is C35H44N6O5. The van der Waals surface area contributed by atoms with Crippen molar-refractivity contribution in [3.63, 3.8) is 0 Å². The van der Waals surface area contributed by atoms with Gasteiger partial charge in [-0.2, -0.15) is 5.26 Å². The first-order chi connectivity index (χ1) is 22.2. The van der Waals surface area contributed by atoms with Crippen LogP contribution in [0.5, 0.6) is 23.0 Å². The van der Waals surface area contributed by atoms with Crippen LogP contribution in [-0.4, -0.2) is 65.9 Å². The minimum atomic E-state index is -0.956. The van der Waals surface area contributed by atoms with Crippen LogP contribution >= 0.6 is 0 Å². The molecule has 1 N–H and O–H groups in total. The van der Waals surface area contributed by atoms with E-state index in [1.54, 1.807) is 52.7 Å². The normalized spacial score (nSPS) is 12.8. The van der Waals surface area contributed by atoms with Crippen LogP contribution in [-0.2, 0) is 11.8 Å². The molecule has 0 spiro atoms. The van der Waals surface area contributed by atoms with Crippen LogP contribution in [0.2, 0.25) is 0 Å². The lowest BCUT2D eigenvalue weighted by molar-refractivity contribution is 0.0932. The van der Waals surface area contributed by atoms with Gasteiger partial charge >= 0.3 is 0 Å². The van der Waals surface area contributed by atoms with Crippen LogP contribution in [0.3, 0.4) is 0 Å². The second-order valence-electron chi connectivity index (χ2n) is 11.4. The Hall–Kier alpha value is -4.91. The van der Waals surface area contributed by atoms with E-state index in [2.05, 4.69) is 33.4 Å². The van der Waals surface area contributed by atoms with Crippen molar-refractivity contribution in [1.29, 1.82) is 5.26 Å². The number of carbonyl (C=O) groups is 1. The summed E-state index contributed by atoms with van der Waals surface area (Å²) in [6, 6.07) is 20.6. The van der Waals surface area contributed by atoms with E-state index in [-0.39, 0.29) is 24.3 Å². The van der Waals surface area contributed by atoms with Gasteiger partial charge in [0.15, 0.2) is 23.0 Å². The number of nitrogens with one attached hydrogen (secondary N) is 1. The molecule has 11 heteroatoms. The molecule has 0 aliphatic carbocycles. The molecule has 0 aromatic heterocycles. The van der Waals surface area contributed by atoms with Crippen molar-refractivity contribution in [3.05, 3.63) is 87.8 Å². The number of amides is 1. The van der Waals surface area contributed by atoms with Gasteiger partial charge in [0.1, 0.15) is 0 Å². The topological polar surface area (TPSA) is 142 Å². The fourth-order valence-electron chi connectivity index (χ4n) is 5.80. The molecule has 2 atom stereocenters. The number of nitrogens with zero attached hydrogens (tertiary/aromatic N) is 5. The van der Waals surface area contributed by atoms with Crippen LogP contribution in [0.25, 0.3) is 10.4 Å². The molecule has 0 fully saturated rings. The number of likely N-dealkylation sites (N-methyl/N-ethyl adjacent to an activating group) is 1. The molecule has 2 unspecified atom stereocenters. The van der Waals surface area contributed by atoms with Gasteiger partial charge in [0.2, 0.25) is 0 Å². The number of rotatable bonds is 17. The highest BCUT2D eigenvalue weighted by molar-refractivity contribution is 5.94. The van der Waals surface area contributed by atoms with Crippen molar-refractivity contribution in [2.24, 2.45) is 17.0 Å². The summed E-state index contributed by atoms with van der Waals surface area (Å²) >= 11 is 0. The Balaban J connectivity index is 1.88. The Morgan fingerprint density at radius 2 is 1.54 bits per heavy atom. The molecule has 46 heavy (non-hydrogen) atoms. The second kappa shape index (κ2) is 17.0. The molecule has 244 valence electrons. The number of ether oxygens (including phenoxy) is 4. The van der Waals surface area contributed by atoms with Crippen LogP contribution in [0.15, 0.2) is 65.8 Å². The highest BCUT2D eigenvalue weighted by atomic mass is 16.5. The van der Waals surface area contributed by atoms with Gasteiger partial charge in [0, 0.05) is 35.2 Å². The predicted molar refractivity (Wildman–Crippen MR) is 178 cm³/mol. The van der Waals surface area contributed by atoms with Crippen LogP contribution in [0, 0.1) is 23.2 Å². The van der Waals surface area contributed by atoms with E-state index in [0.29, 0.717) is 47.2 Å². The molecule has 3 aromatic rings. The zero-order valence-corrected chi connectivity index (χ0v) is 27.7. The maximum atomic E-state index is 13.3. The molecule has 0 aliphatic heterocycles. The maximum absolute atomic E-state index is 13.3. The Kier molecular flexibility index (Phi) is 13.1. The largest absolute Gasteiger partial charge is 0.493 e. The maximum Gasteiger partial charge on any atom is 0.251 e. The molecule has 0 aliphatic rings. The van der Waals surface area contributed by atoms with Gasteiger partial charge in [-0.1, -0.05) is 43.2 Å². The van der Waals surface area contributed by atoms with E-state index >= 15 is 0 Å². The average Bonchev–Trinajstić information content (AvgIpc) is 3.08. The van der Waals surface area contributed by atoms with Crippen molar-refractivity contribution in [2.45, 2.75) is 32.1 Å². The molecule has 3 rings (SSSR count). The number of nitriles is 1. The first-order valence-electron chi connectivity index (χ1n) is 15.1. The molecule has 0 bridgehead atoms. The molecule has 1 amide bonds. The molecule has 0 radical (unpaired) electrons. The minimum Gasteiger partial charge on any atom is -0.493 e. The number of hydrogen-bond acceptors (Lipinski definition) is 8. The van der Waals surface area contributed by atoms with Gasteiger partial charge in [-0.05, 0) is 85.4 Å². The van der Waals surface area contributed by atoms with E-state index in [1.807, 2.05) is 50.2 Å². The van der Waals surface area contributed by atoms with Crippen molar-refractivity contribution in [2.75, 3.05) is 55.1 Å². The van der Waals surface area contributed by atoms with E-state index in [1.165, 1.54) is 0 Å². The van der Waals surface area contributed by atoms with Crippen LogP contribution in [0.4, 0.5) is 5.69 Å². The zero-order valence-electron chi connectivity index (χ0n) is 27.7. The number of methoxy groups -OCH3 is 4. The number of carbonyl (C=O) groups excluding carboxylic acids is 1. The molecule has 0 saturated carbocycles. The van der Waals surface area contributed by atoms with Crippen LogP contribution in [0.1, 0.15) is 41.8 Å². The molecular weight excluding hydrogens is 584 g/mol. The third-order valence-electron chi connectivity index (χ3n) is 8.49. The van der Waals surface area contributed by atoms with E-state index < -0.39 is 5.41 Å². The molecule has 3 aromatic carbocycles. The Bertz CT molecular complexity index is 1550. The van der Waals surface area contributed by atoms with Gasteiger partial charge in [-0.15, -0.1) is 0 Å². The highest BCUT2D eigenvalue weighted by Crippen LogP contribution is 2.43. The first kappa shape index (κ1) is 35.6. The average molecular weight is 629 g/mol. The summed E-state index contributed by atoms with van der Waals surface area (Å²) in [5, 5.41) is 17.6. The molecule has 0 heterocycles. The van der Waals surface area contributed by atoms with Crippen molar-refractivity contribution in [1.82, 2.24) is 10.2 Å². The number of azide groups is 1. The Morgan fingerprint density at radius 3 is 2.11 bits per heavy atom. The summed E-state index contributed by atoms with van der Waals surface area (Å²) < 4.78 is 21.9.